The number of hydrogen-bond acceptors (Lipinski definition) is 2. The van der Waals surface area contributed by atoms with Crippen LogP contribution in [0.2, 0.25) is 0 Å². The third-order valence-electron chi connectivity index (χ3n) is 8.89. The van der Waals surface area contributed by atoms with Crippen molar-refractivity contribution in [3.8, 4) is 33.4 Å². The fourth-order valence-corrected chi connectivity index (χ4v) is 6.78. The summed E-state index contributed by atoms with van der Waals surface area (Å²) in [6.45, 7) is 0. The summed E-state index contributed by atoms with van der Waals surface area (Å²) >= 11 is 0. The van der Waals surface area contributed by atoms with Crippen LogP contribution < -0.4 is 0 Å². The zero-order valence-corrected chi connectivity index (χ0v) is 27.9. The summed E-state index contributed by atoms with van der Waals surface area (Å²) in [5.74, 6) is 0. The van der Waals surface area contributed by atoms with Crippen molar-refractivity contribution in [1.82, 2.24) is 19.9 Å². The molecule has 2 aliphatic rings. The van der Waals surface area contributed by atoms with Gasteiger partial charge in [0.25, 0.3) is 0 Å². The second-order valence-electron chi connectivity index (χ2n) is 12.0. The van der Waals surface area contributed by atoms with E-state index in [1.807, 2.05) is 0 Å². The van der Waals surface area contributed by atoms with E-state index in [2.05, 4.69) is 180 Å². The Bertz CT molecular complexity index is 2530. The Morgan fingerprint density at radius 3 is 1.49 bits per heavy atom. The van der Waals surface area contributed by atoms with E-state index in [4.69, 9.17) is 9.97 Å². The average molecular weight is 666 g/mol. The third kappa shape index (κ3) is 5.78. The molecule has 3 aromatic heterocycles. The molecule has 0 spiro atoms. The maximum atomic E-state index is 5.42. The molecule has 4 aromatic carbocycles. The Morgan fingerprint density at radius 2 is 0.898 bits per heavy atom. The van der Waals surface area contributed by atoms with Crippen LogP contribution in [0.3, 0.4) is 0 Å². The van der Waals surface area contributed by atoms with Crippen molar-refractivity contribution in [2.24, 2.45) is 0 Å². The number of aromatic nitrogens is 4. The zero-order valence-electron chi connectivity index (χ0n) is 26.5. The van der Waals surface area contributed by atoms with E-state index in [1.54, 1.807) is 0 Å². The number of rotatable bonds is 4. The summed E-state index contributed by atoms with van der Waals surface area (Å²) in [7, 11) is 0. The monoisotopic (exact) mass is 665 g/mol. The Hall–Kier alpha value is -5.94. The van der Waals surface area contributed by atoms with Gasteiger partial charge < -0.3 is 9.97 Å². The second-order valence-corrected chi connectivity index (χ2v) is 12.0. The molecule has 0 atom stereocenters. The number of nitrogens with one attached hydrogen (secondary N) is 2. The topological polar surface area (TPSA) is 57.4 Å². The first-order chi connectivity index (χ1) is 23.8. The summed E-state index contributed by atoms with van der Waals surface area (Å²) in [5, 5.41) is 0. The van der Waals surface area contributed by atoms with Crippen LogP contribution in [0.1, 0.15) is 28.3 Å². The number of H-pyrrole nitrogens is 2. The first-order valence-electron chi connectivity index (χ1n) is 16.2. The van der Waals surface area contributed by atoms with Gasteiger partial charge in [0.05, 0.1) is 28.3 Å². The average Bonchev–Trinajstić information content (AvgIpc) is 3.94. The van der Waals surface area contributed by atoms with Crippen molar-refractivity contribution in [2.75, 3.05) is 0 Å². The molecule has 231 valence electrons. The van der Waals surface area contributed by atoms with Gasteiger partial charge in [0.15, 0.2) is 0 Å². The predicted molar refractivity (Wildman–Crippen MR) is 200 cm³/mol. The number of nitrogens with zero attached hydrogens (tertiary/aromatic N) is 2. The molecule has 0 fully saturated rings. The Labute approximate surface area is 296 Å². The molecule has 2 N–H and O–H groups in total. The standard InChI is InChI=1S/C44H30N4.V/c1-5-13-29(14-6-1)38-27-37-26-35-22-21-33(45-35)25-34-23-24-36(46-34)28-39-40(30-15-7-2-8-16-30)41(31-17-9-3-10-18-31)44(48-39)42(43(38)47-37)32-19-11-4-12-20-32;/h1-28,45,48H;. The van der Waals surface area contributed by atoms with Gasteiger partial charge in [-0.1, -0.05) is 121 Å². The van der Waals surface area contributed by atoms with E-state index in [-0.39, 0.29) is 18.6 Å². The van der Waals surface area contributed by atoms with Crippen LogP contribution in [-0.2, 0) is 18.6 Å². The molecule has 0 saturated carbocycles. The predicted octanol–water partition coefficient (Wildman–Crippen LogP) is 11.1. The van der Waals surface area contributed by atoms with E-state index >= 15 is 0 Å². The molecule has 5 heterocycles. The van der Waals surface area contributed by atoms with Crippen LogP contribution in [0.4, 0.5) is 0 Å². The van der Waals surface area contributed by atoms with Crippen LogP contribution in [-0.4, -0.2) is 19.9 Å². The van der Waals surface area contributed by atoms with Gasteiger partial charge in [0.1, 0.15) is 0 Å². The fourth-order valence-electron chi connectivity index (χ4n) is 6.78. The smallest absolute Gasteiger partial charge is 0.0815 e. The van der Waals surface area contributed by atoms with E-state index in [9.17, 15) is 0 Å². The largest absolute Gasteiger partial charge is 0.355 e. The van der Waals surface area contributed by atoms with Crippen LogP contribution in [0.15, 0.2) is 152 Å². The molecule has 2 aliphatic heterocycles. The van der Waals surface area contributed by atoms with E-state index < -0.39 is 0 Å². The minimum absolute atomic E-state index is 0. The van der Waals surface area contributed by atoms with Gasteiger partial charge in [0.2, 0.25) is 0 Å². The normalized spacial score (nSPS) is 12.0. The van der Waals surface area contributed by atoms with Crippen LogP contribution in [0.5, 0.6) is 0 Å². The third-order valence-corrected chi connectivity index (χ3v) is 8.89. The van der Waals surface area contributed by atoms with E-state index in [0.29, 0.717) is 0 Å². The fraction of sp³-hybridized carbons (Fsp3) is 0. The first-order valence-corrected chi connectivity index (χ1v) is 16.2. The molecule has 9 rings (SSSR count). The van der Waals surface area contributed by atoms with Crippen LogP contribution >= 0.6 is 0 Å². The summed E-state index contributed by atoms with van der Waals surface area (Å²) in [5.41, 5.74) is 16.3. The number of hydrogen-bond donors (Lipinski definition) is 2. The van der Waals surface area contributed by atoms with Gasteiger partial charge in [0, 0.05) is 57.4 Å². The van der Waals surface area contributed by atoms with Gasteiger partial charge in [-0.05, 0) is 70.8 Å². The molecular weight excluding hydrogens is 635 g/mol. The van der Waals surface area contributed by atoms with Crippen molar-refractivity contribution in [1.29, 1.82) is 0 Å². The maximum Gasteiger partial charge on any atom is 0.0815 e. The first kappa shape index (κ1) is 30.4. The molecule has 0 amide bonds. The van der Waals surface area contributed by atoms with Crippen molar-refractivity contribution in [2.45, 2.75) is 0 Å². The summed E-state index contributed by atoms with van der Waals surface area (Å²) in [6.07, 6.45) is 6.35. The van der Waals surface area contributed by atoms with E-state index in [0.717, 1.165) is 89.4 Å². The molecule has 0 saturated heterocycles. The Balaban J connectivity index is 0.00000348. The SMILES string of the molecule is C1=Cc2cc3[nH]c(c(-c4ccccc4)c4nc(cc5ccc(cc1n2)[nH]5)C=C4c1ccccc1)c(-c1ccccc1)c3-c1ccccc1.[V]. The molecule has 5 heteroatoms. The van der Waals surface area contributed by atoms with E-state index in [1.165, 1.54) is 0 Å². The van der Waals surface area contributed by atoms with Gasteiger partial charge in [-0.3, -0.25) is 0 Å². The van der Waals surface area contributed by atoms with Gasteiger partial charge in [-0.15, -0.1) is 0 Å². The maximum absolute atomic E-state index is 5.42. The molecule has 49 heavy (non-hydrogen) atoms. The molecule has 0 unspecified atom stereocenters. The van der Waals surface area contributed by atoms with Crippen molar-refractivity contribution in [3.05, 3.63) is 180 Å². The molecule has 8 bridgehead atoms. The van der Waals surface area contributed by atoms with Gasteiger partial charge >= 0.3 is 0 Å². The molecular formula is C44H30N4V. The summed E-state index contributed by atoms with van der Waals surface area (Å²) < 4.78 is 0. The number of benzene rings is 4. The van der Waals surface area contributed by atoms with Crippen LogP contribution in [0.25, 0.3) is 79.2 Å². The Morgan fingerprint density at radius 1 is 0.408 bits per heavy atom. The second kappa shape index (κ2) is 12.9. The molecule has 4 nitrogen and oxygen atoms in total. The zero-order chi connectivity index (χ0) is 31.9. The van der Waals surface area contributed by atoms with Gasteiger partial charge in [-0.25, -0.2) is 9.97 Å². The number of aromatic amines is 2. The Kier molecular flexibility index (Phi) is 8.02. The number of fused-ring (bicyclic) bond motifs is 8. The van der Waals surface area contributed by atoms with Crippen molar-refractivity contribution >= 4 is 45.9 Å². The summed E-state index contributed by atoms with van der Waals surface area (Å²) in [4.78, 5) is 17.9. The van der Waals surface area contributed by atoms with Gasteiger partial charge in [-0.2, -0.15) is 0 Å². The minimum Gasteiger partial charge on any atom is -0.355 e. The minimum atomic E-state index is 0. The molecule has 0 aliphatic carbocycles. The quantitative estimate of drug-likeness (QED) is 0.197. The van der Waals surface area contributed by atoms with Crippen molar-refractivity contribution < 1.29 is 18.6 Å². The molecule has 1 radical (unpaired) electrons. The summed E-state index contributed by atoms with van der Waals surface area (Å²) in [6, 6.07) is 53.0. The molecule has 7 aromatic rings. The van der Waals surface area contributed by atoms with Crippen LogP contribution in [0, 0.1) is 0 Å². The van der Waals surface area contributed by atoms with Crippen molar-refractivity contribution in [3.63, 3.8) is 0 Å².